The molecule has 0 aromatic heterocycles. The maximum absolute atomic E-state index is 2.47. The number of fused-ring (bicyclic) bond motifs is 2. The van der Waals surface area contributed by atoms with Gasteiger partial charge in [-0.15, -0.1) is 34.5 Å². The van der Waals surface area contributed by atoms with Crippen LogP contribution in [0, 0.1) is 0 Å². The number of unbranched alkanes of at least 4 members (excludes halogenated alkanes) is 2. The molecule has 1 aliphatic carbocycles. The normalized spacial score (nSPS) is 13.6. The Morgan fingerprint density at radius 2 is 1.89 bits per heavy atom. The van der Waals surface area contributed by atoms with E-state index in [0.29, 0.717) is 0 Å². The molecule has 2 aromatic rings. The van der Waals surface area contributed by atoms with Gasteiger partial charge >= 0.3 is 0 Å². The van der Waals surface area contributed by atoms with E-state index in [9.17, 15) is 0 Å². The molecule has 1 heteroatoms. The summed E-state index contributed by atoms with van der Waals surface area (Å²) in [5.41, 5.74) is 4.78. The molecule has 0 spiro atoms. The van der Waals surface area contributed by atoms with Crippen molar-refractivity contribution in [3.8, 4) is 0 Å². The van der Waals surface area contributed by atoms with Crippen molar-refractivity contribution in [3.05, 3.63) is 41.0 Å². The van der Waals surface area contributed by atoms with Crippen molar-refractivity contribution in [1.82, 2.24) is 0 Å². The Morgan fingerprint density at radius 3 is 2.67 bits per heavy atom. The quantitative estimate of drug-likeness (QED) is 0.391. The second-order valence-electron chi connectivity index (χ2n) is 5.38. The fourth-order valence-corrected chi connectivity index (χ4v) is 3.12. The zero-order chi connectivity index (χ0) is 11.7. The third-order valence-corrected chi connectivity index (χ3v) is 4.12. The number of aryl methyl sites for hydroxylation is 3. The van der Waals surface area contributed by atoms with Crippen LogP contribution in [0.25, 0.3) is 10.8 Å². The van der Waals surface area contributed by atoms with Gasteiger partial charge in [-0.3, -0.25) is 0 Å². The summed E-state index contributed by atoms with van der Waals surface area (Å²) in [4.78, 5) is 0. The van der Waals surface area contributed by atoms with E-state index in [4.69, 9.17) is 0 Å². The van der Waals surface area contributed by atoms with Crippen molar-refractivity contribution in [2.45, 2.75) is 51.9 Å². The summed E-state index contributed by atoms with van der Waals surface area (Å²) in [5.74, 6) is 0. The van der Waals surface area contributed by atoms with Gasteiger partial charge in [-0.25, -0.2) is 0 Å². The molecule has 0 saturated heterocycles. The maximum atomic E-state index is 2.47. The minimum atomic E-state index is 0. The molecule has 18 heavy (non-hydrogen) atoms. The van der Waals surface area contributed by atoms with Crippen molar-refractivity contribution < 1.29 is 25.8 Å². The molecular weight excluding hydrogens is 383 g/mol. The topological polar surface area (TPSA) is 0 Å². The summed E-state index contributed by atoms with van der Waals surface area (Å²) in [5, 5.41) is 3.00. The average molecular weight is 404 g/mol. The molecular formula is C17H21Hf-. The molecule has 0 radical (unpaired) electrons. The third-order valence-electron chi connectivity index (χ3n) is 4.12. The van der Waals surface area contributed by atoms with E-state index in [1.807, 2.05) is 0 Å². The minimum absolute atomic E-state index is 0. The summed E-state index contributed by atoms with van der Waals surface area (Å²) in [6, 6.07) is 9.56. The van der Waals surface area contributed by atoms with Gasteiger partial charge in [0.1, 0.15) is 0 Å². The second-order valence-corrected chi connectivity index (χ2v) is 5.38. The van der Waals surface area contributed by atoms with Crippen molar-refractivity contribution in [2.24, 2.45) is 0 Å². The van der Waals surface area contributed by atoms with Crippen molar-refractivity contribution >= 4 is 10.8 Å². The number of benzene rings is 1. The van der Waals surface area contributed by atoms with E-state index >= 15 is 0 Å². The van der Waals surface area contributed by atoms with Crippen molar-refractivity contribution in [2.75, 3.05) is 0 Å². The predicted octanol–water partition coefficient (Wildman–Crippen LogP) is 4.78. The molecule has 0 heterocycles. The molecule has 0 amide bonds. The van der Waals surface area contributed by atoms with Crippen LogP contribution in [-0.2, 0) is 45.1 Å². The van der Waals surface area contributed by atoms with Gasteiger partial charge in [-0.05, 0) is 19.3 Å². The van der Waals surface area contributed by atoms with E-state index in [1.54, 1.807) is 16.7 Å². The van der Waals surface area contributed by atoms with Crippen LogP contribution in [0.3, 0.4) is 0 Å². The van der Waals surface area contributed by atoms with Gasteiger partial charge in [-0.1, -0.05) is 43.7 Å². The SMILES string of the molecule is CCCCC[c-]1ccc2cc3c(cc21)CCC3.[Hf]. The molecule has 1 aliphatic rings. The van der Waals surface area contributed by atoms with Gasteiger partial charge in [0.05, 0.1) is 0 Å². The molecule has 0 N–H and O–H groups in total. The van der Waals surface area contributed by atoms with Gasteiger partial charge in [0.25, 0.3) is 0 Å². The molecule has 0 fully saturated rings. The fraction of sp³-hybridized carbons (Fsp3) is 0.471. The van der Waals surface area contributed by atoms with Crippen LogP contribution in [0.5, 0.6) is 0 Å². The second kappa shape index (κ2) is 6.23. The average Bonchev–Trinajstić information content (AvgIpc) is 2.93. The smallest absolute Gasteiger partial charge is 0 e. The van der Waals surface area contributed by atoms with Gasteiger partial charge < -0.3 is 0 Å². The summed E-state index contributed by atoms with van der Waals surface area (Å²) in [6.45, 7) is 2.27. The van der Waals surface area contributed by atoms with Gasteiger partial charge in [0.2, 0.25) is 0 Å². The molecule has 0 aliphatic heterocycles. The standard InChI is InChI=1S/C17H21.Hf/c1-2-3-4-6-13-9-10-16-11-14-7-5-8-15(14)12-17(13)16;/h9-12H,2-8H2,1H3;/q-1;. The monoisotopic (exact) mass is 405 g/mol. The van der Waals surface area contributed by atoms with E-state index in [-0.39, 0.29) is 25.8 Å². The maximum Gasteiger partial charge on any atom is 0 e. The van der Waals surface area contributed by atoms with E-state index in [0.717, 1.165) is 0 Å². The van der Waals surface area contributed by atoms with Crippen LogP contribution in [0.1, 0.15) is 49.3 Å². The van der Waals surface area contributed by atoms with Gasteiger partial charge in [0.15, 0.2) is 0 Å². The van der Waals surface area contributed by atoms with Crippen LogP contribution in [0.15, 0.2) is 24.3 Å². The van der Waals surface area contributed by atoms with Gasteiger partial charge in [-0.2, -0.15) is 6.07 Å². The molecule has 94 valence electrons. The summed E-state index contributed by atoms with van der Waals surface area (Å²) < 4.78 is 0. The van der Waals surface area contributed by atoms with Crippen molar-refractivity contribution in [1.29, 1.82) is 0 Å². The van der Waals surface area contributed by atoms with Crippen molar-refractivity contribution in [3.63, 3.8) is 0 Å². The first kappa shape index (κ1) is 14.1. The Bertz CT molecular complexity index is 522. The van der Waals surface area contributed by atoms with Crippen LogP contribution in [0.2, 0.25) is 0 Å². The Kier molecular flexibility index (Phi) is 4.89. The zero-order valence-electron chi connectivity index (χ0n) is 11.3. The third kappa shape index (κ3) is 2.66. The number of rotatable bonds is 4. The molecule has 3 rings (SSSR count). The Labute approximate surface area is 129 Å². The van der Waals surface area contributed by atoms with Crippen LogP contribution >= 0.6 is 0 Å². The predicted molar refractivity (Wildman–Crippen MR) is 74.8 cm³/mol. The zero-order valence-corrected chi connectivity index (χ0v) is 14.9. The largest absolute Gasteiger partial charge is 0.168 e. The Balaban J connectivity index is 0.00000120. The fourth-order valence-electron chi connectivity index (χ4n) is 3.12. The van der Waals surface area contributed by atoms with E-state index < -0.39 is 0 Å². The minimum Gasteiger partial charge on any atom is -0.168 e. The van der Waals surface area contributed by atoms with E-state index in [2.05, 4.69) is 31.2 Å². The molecule has 0 unspecified atom stereocenters. The van der Waals surface area contributed by atoms with Crippen LogP contribution in [-0.4, -0.2) is 0 Å². The molecule has 0 atom stereocenters. The number of hydrogen-bond acceptors (Lipinski definition) is 0. The van der Waals surface area contributed by atoms with Gasteiger partial charge in [0, 0.05) is 25.8 Å². The molecule has 0 bridgehead atoms. The summed E-state index contributed by atoms with van der Waals surface area (Å²) >= 11 is 0. The molecule has 2 aromatic carbocycles. The van der Waals surface area contributed by atoms with E-state index in [1.165, 1.54) is 55.7 Å². The first-order chi connectivity index (χ1) is 8.38. The summed E-state index contributed by atoms with van der Waals surface area (Å²) in [6.07, 6.45) is 9.22. The van der Waals surface area contributed by atoms with Crippen LogP contribution in [0.4, 0.5) is 0 Å². The van der Waals surface area contributed by atoms with Crippen LogP contribution < -0.4 is 0 Å². The Hall–Kier alpha value is -0.300. The summed E-state index contributed by atoms with van der Waals surface area (Å²) in [7, 11) is 0. The number of hydrogen-bond donors (Lipinski definition) is 0. The Morgan fingerprint density at radius 1 is 1.11 bits per heavy atom. The molecule has 0 saturated carbocycles. The first-order valence-corrected chi connectivity index (χ1v) is 7.08. The molecule has 0 nitrogen and oxygen atoms in total. The first-order valence-electron chi connectivity index (χ1n) is 7.08.